The first-order valence-electron chi connectivity index (χ1n) is 7.32. The van der Waals surface area contributed by atoms with Gasteiger partial charge >= 0.3 is 5.97 Å². The van der Waals surface area contributed by atoms with E-state index in [0.717, 1.165) is 23.3 Å². The van der Waals surface area contributed by atoms with E-state index < -0.39 is 23.8 Å². The number of nitrogens with one attached hydrogen (secondary N) is 1. The zero-order valence-corrected chi connectivity index (χ0v) is 14.3. The van der Waals surface area contributed by atoms with Gasteiger partial charge in [-0.3, -0.25) is 4.79 Å². The number of aryl methyl sites for hydroxylation is 2. The number of rotatable bonds is 4. The van der Waals surface area contributed by atoms with Gasteiger partial charge in [-0.15, -0.1) is 0 Å². The monoisotopic (exact) mass is 349 g/mol. The first-order valence-corrected chi connectivity index (χ1v) is 7.70. The molecular weight excluding hydrogens is 333 g/mol. The lowest BCUT2D eigenvalue weighted by atomic mass is 10.1. The van der Waals surface area contributed by atoms with E-state index in [9.17, 15) is 14.0 Å². The number of halogens is 2. The summed E-state index contributed by atoms with van der Waals surface area (Å²) in [6, 6.07) is 9.16. The van der Waals surface area contributed by atoms with Crippen LogP contribution in [0.4, 0.5) is 10.1 Å². The van der Waals surface area contributed by atoms with Crippen molar-refractivity contribution < 1.29 is 18.7 Å². The molecule has 0 spiro atoms. The lowest BCUT2D eigenvalue weighted by Gasteiger charge is -2.16. The molecule has 2 aromatic rings. The van der Waals surface area contributed by atoms with E-state index in [4.69, 9.17) is 16.3 Å². The third kappa shape index (κ3) is 4.11. The molecule has 6 heteroatoms. The van der Waals surface area contributed by atoms with Gasteiger partial charge in [-0.1, -0.05) is 29.8 Å². The average Bonchev–Trinajstić information content (AvgIpc) is 2.53. The van der Waals surface area contributed by atoms with Gasteiger partial charge in [-0.25, -0.2) is 9.18 Å². The summed E-state index contributed by atoms with van der Waals surface area (Å²) < 4.78 is 18.7. The van der Waals surface area contributed by atoms with Crippen LogP contribution in [-0.2, 0) is 9.53 Å². The molecule has 126 valence electrons. The first kappa shape index (κ1) is 17.9. The predicted octanol–water partition coefficient (Wildman–Crippen LogP) is 4.28. The lowest BCUT2D eigenvalue weighted by Crippen LogP contribution is -2.30. The minimum atomic E-state index is -1.09. The number of anilines is 1. The predicted molar refractivity (Wildman–Crippen MR) is 90.8 cm³/mol. The Bertz CT molecular complexity index is 772. The number of carbonyl (C=O) groups excluding carboxylic acids is 2. The molecule has 0 saturated heterocycles. The van der Waals surface area contributed by atoms with Gasteiger partial charge < -0.3 is 10.1 Å². The molecule has 0 aliphatic rings. The topological polar surface area (TPSA) is 55.4 Å². The van der Waals surface area contributed by atoms with Crippen LogP contribution >= 0.6 is 11.6 Å². The highest BCUT2D eigenvalue weighted by Gasteiger charge is 2.22. The molecular formula is C18H17ClFNO3. The molecule has 0 aliphatic heterocycles. The normalized spacial score (nSPS) is 11.7. The van der Waals surface area contributed by atoms with Crippen molar-refractivity contribution >= 4 is 29.2 Å². The quantitative estimate of drug-likeness (QED) is 0.838. The Morgan fingerprint density at radius 2 is 1.79 bits per heavy atom. The maximum absolute atomic E-state index is 13.7. The summed E-state index contributed by atoms with van der Waals surface area (Å²) in [5, 5.41) is 2.93. The number of hydrogen-bond acceptors (Lipinski definition) is 3. The van der Waals surface area contributed by atoms with Crippen molar-refractivity contribution in [3.63, 3.8) is 0 Å². The van der Waals surface area contributed by atoms with Crippen LogP contribution in [0.15, 0.2) is 36.4 Å². The van der Waals surface area contributed by atoms with Crippen molar-refractivity contribution in [1.82, 2.24) is 0 Å². The molecule has 1 N–H and O–H groups in total. The number of carbonyl (C=O) groups is 2. The number of ether oxygens (including phenoxy) is 1. The van der Waals surface area contributed by atoms with Crippen LogP contribution in [0.1, 0.15) is 28.4 Å². The van der Waals surface area contributed by atoms with Gasteiger partial charge in [0.2, 0.25) is 0 Å². The molecule has 0 fully saturated rings. The maximum Gasteiger partial charge on any atom is 0.341 e. The standard InChI is InChI=1S/C18H17ClFNO3/c1-10-5-4-6-11(2)16(10)21-17(22)12(3)24-18(23)14-9-13(19)7-8-15(14)20/h4-9,12H,1-3H3,(H,21,22)/t12-/m1/s1. The van der Waals surface area contributed by atoms with Gasteiger partial charge in [0.15, 0.2) is 6.10 Å². The van der Waals surface area contributed by atoms with Crippen molar-refractivity contribution in [2.45, 2.75) is 26.9 Å². The minimum Gasteiger partial charge on any atom is -0.449 e. The lowest BCUT2D eigenvalue weighted by molar-refractivity contribution is -0.123. The fourth-order valence-electron chi connectivity index (χ4n) is 2.17. The Balaban J connectivity index is 2.09. The number of benzene rings is 2. The SMILES string of the molecule is Cc1cccc(C)c1NC(=O)[C@@H](C)OC(=O)c1cc(Cl)ccc1F. The van der Waals surface area contributed by atoms with E-state index in [0.29, 0.717) is 5.69 Å². The van der Waals surface area contributed by atoms with Crippen molar-refractivity contribution in [3.8, 4) is 0 Å². The van der Waals surface area contributed by atoms with E-state index in [1.54, 1.807) is 0 Å². The Morgan fingerprint density at radius 1 is 1.17 bits per heavy atom. The van der Waals surface area contributed by atoms with Gasteiger partial charge in [0.25, 0.3) is 5.91 Å². The van der Waals surface area contributed by atoms with Crippen LogP contribution in [0.25, 0.3) is 0 Å². The summed E-state index contributed by atoms with van der Waals surface area (Å²) in [6.45, 7) is 5.14. The number of esters is 1. The van der Waals surface area contributed by atoms with Crippen LogP contribution in [0, 0.1) is 19.7 Å². The van der Waals surface area contributed by atoms with Crippen LogP contribution < -0.4 is 5.32 Å². The van der Waals surface area contributed by atoms with Crippen molar-refractivity contribution in [2.24, 2.45) is 0 Å². The van der Waals surface area contributed by atoms with Crippen molar-refractivity contribution in [3.05, 3.63) is 63.9 Å². The zero-order valence-electron chi connectivity index (χ0n) is 13.5. The summed E-state index contributed by atoms with van der Waals surface area (Å²) in [4.78, 5) is 24.2. The van der Waals surface area contributed by atoms with Gasteiger partial charge in [0.05, 0.1) is 5.56 Å². The van der Waals surface area contributed by atoms with Crippen molar-refractivity contribution in [1.29, 1.82) is 0 Å². The highest BCUT2D eigenvalue weighted by Crippen LogP contribution is 2.20. The molecule has 4 nitrogen and oxygen atoms in total. The minimum absolute atomic E-state index is 0.205. The second-order valence-corrected chi connectivity index (χ2v) is 5.86. The largest absolute Gasteiger partial charge is 0.449 e. The van der Waals surface area contributed by atoms with Gasteiger partial charge in [-0.2, -0.15) is 0 Å². The molecule has 0 bridgehead atoms. The van der Waals surface area contributed by atoms with Crippen LogP contribution in [0.5, 0.6) is 0 Å². The van der Waals surface area contributed by atoms with Gasteiger partial charge in [0.1, 0.15) is 5.82 Å². The van der Waals surface area contributed by atoms with Crippen LogP contribution in [0.2, 0.25) is 5.02 Å². The summed E-state index contributed by atoms with van der Waals surface area (Å²) in [7, 11) is 0. The smallest absolute Gasteiger partial charge is 0.341 e. The van der Waals surface area contributed by atoms with E-state index in [-0.39, 0.29) is 10.6 Å². The number of para-hydroxylation sites is 1. The molecule has 0 unspecified atom stereocenters. The van der Waals surface area contributed by atoms with Gasteiger partial charge in [0, 0.05) is 10.7 Å². The molecule has 24 heavy (non-hydrogen) atoms. The van der Waals surface area contributed by atoms with E-state index in [1.165, 1.54) is 13.0 Å². The second-order valence-electron chi connectivity index (χ2n) is 5.43. The molecule has 2 rings (SSSR count). The summed E-state index contributed by atoms with van der Waals surface area (Å²) in [5.74, 6) is -2.20. The second kappa shape index (κ2) is 7.45. The Hall–Kier alpha value is -2.40. The fraction of sp³-hybridized carbons (Fsp3) is 0.222. The third-order valence-electron chi connectivity index (χ3n) is 3.53. The average molecular weight is 350 g/mol. The van der Waals surface area contributed by atoms with Gasteiger partial charge in [-0.05, 0) is 50.1 Å². The summed E-state index contributed by atoms with van der Waals surface area (Å²) in [5.41, 5.74) is 2.14. The summed E-state index contributed by atoms with van der Waals surface area (Å²) in [6.07, 6.45) is -1.09. The molecule has 0 radical (unpaired) electrons. The molecule has 0 aliphatic carbocycles. The Kier molecular flexibility index (Phi) is 5.57. The molecule has 0 saturated carbocycles. The highest BCUT2D eigenvalue weighted by molar-refractivity contribution is 6.30. The highest BCUT2D eigenvalue weighted by atomic mass is 35.5. The molecule has 0 heterocycles. The van der Waals surface area contributed by atoms with E-state index in [2.05, 4.69) is 5.32 Å². The summed E-state index contributed by atoms with van der Waals surface area (Å²) >= 11 is 5.75. The molecule has 1 amide bonds. The fourth-order valence-corrected chi connectivity index (χ4v) is 2.34. The van der Waals surface area contributed by atoms with E-state index in [1.807, 2.05) is 32.0 Å². The first-order chi connectivity index (χ1) is 11.3. The Labute approximate surface area is 144 Å². The van der Waals surface area contributed by atoms with Crippen LogP contribution in [0.3, 0.4) is 0 Å². The zero-order chi connectivity index (χ0) is 17.9. The maximum atomic E-state index is 13.7. The third-order valence-corrected chi connectivity index (χ3v) is 3.77. The van der Waals surface area contributed by atoms with Crippen LogP contribution in [-0.4, -0.2) is 18.0 Å². The molecule has 0 aromatic heterocycles. The molecule has 1 atom stereocenters. The van der Waals surface area contributed by atoms with E-state index >= 15 is 0 Å². The number of hydrogen-bond donors (Lipinski definition) is 1. The van der Waals surface area contributed by atoms with Crippen molar-refractivity contribution in [2.75, 3.05) is 5.32 Å². The number of amides is 1. The molecule has 2 aromatic carbocycles. The Morgan fingerprint density at radius 3 is 2.42 bits per heavy atom.